The van der Waals surface area contributed by atoms with E-state index in [0.29, 0.717) is 12.2 Å². The highest BCUT2D eigenvalue weighted by molar-refractivity contribution is 5.86. The van der Waals surface area contributed by atoms with Crippen molar-refractivity contribution in [1.29, 1.82) is 0 Å². The van der Waals surface area contributed by atoms with Gasteiger partial charge in [0.05, 0.1) is 11.9 Å². The standard InChI is InChI=1S/C14H13F3N4O/c1-2-21-8-9(7-19-21)6-18-10-4-3-5-11-12(10)20-13(22-11)14(15,16)17/h3-5,7-8,18H,2,6H2,1H3. The lowest BCUT2D eigenvalue weighted by molar-refractivity contribution is -0.156. The van der Waals surface area contributed by atoms with E-state index < -0.39 is 12.1 Å². The van der Waals surface area contributed by atoms with E-state index in [1.807, 2.05) is 13.1 Å². The zero-order valence-electron chi connectivity index (χ0n) is 11.7. The first-order valence-corrected chi connectivity index (χ1v) is 6.69. The van der Waals surface area contributed by atoms with E-state index in [2.05, 4.69) is 15.4 Å². The van der Waals surface area contributed by atoms with Crippen LogP contribution in [0.3, 0.4) is 0 Å². The fraction of sp³-hybridized carbons (Fsp3) is 0.286. The van der Waals surface area contributed by atoms with E-state index in [4.69, 9.17) is 4.42 Å². The van der Waals surface area contributed by atoms with Gasteiger partial charge in [0.2, 0.25) is 0 Å². The van der Waals surface area contributed by atoms with Crippen molar-refractivity contribution >= 4 is 16.8 Å². The summed E-state index contributed by atoms with van der Waals surface area (Å²) in [7, 11) is 0. The highest BCUT2D eigenvalue weighted by atomic mass is 19.4. The van der Waals surface area contributed by atoms with Crippen LogP contribution in [0.2, 0.25) is 0 Å². The number of nitrogens with one attached hydrogen (secondary N) is 1. The van der Waals surface area contributed by atoms with Crippen LogP contribution in [0.25, 0.3) is 11.1 Å². The smallest absolute Gasteiger partial charge is 0.433 e. The number of rotatable bonds is 4. The number of aryl methyl sites for hydroxylation is 1. The summed E-state index contributed by atoms with van der Waals surface area (Å²) in [4.78, 5) is 3.54. The van der Waals surface area contributed by atoms with Crippen LogP contribution in [0.1, 0.15) is 18.4 Å². The molecule has 0 aliphatic rings. The third-order valence-electron chi connectivity index (χ3n) is 3.16. The zero-order chi connectivity index (χ0) is 15.7. The number of benzene rings is 1. The molecule has 0 fully saturated rings. The predicted octanol–water partition coefficient (Wildman–Crippen LogP) is 3.68. The van der Waals surface area contributed by atoms with Crippen LogP contribution in [0, 0.1) is 0 Å². The first-order chi connectivity index (χ1) is 10.5. The second-order valence-electron chi connectivity index (χ2n) is 4.73. The molecule has 0 saturated heterocycles. The maximum Gasteiger partial charge on any atom is 0.468 e. The second-order valence-corrected chi connectivity index (χ2v) is 4.73. The Balaban J connectivity index is 1.85. The van der Waals surface area contributed by atoms with Crippen molar-refractivity contribution in [2.75, 3.05) is 5.32 Å². The van der Waals surface area contributed by atoms with E-state index in [0.717, 1.165) is 12.1 Å². The summed E-state index contributed by atoms with van der Waals surface area (Å²) >= 11 is 0. The molecule has 0 bridgehead atoms. The first kappa shape index (κ1) is 14.4. The Bertz CT molecular complexity index is 791. The van der Waals surface area contributed by atoms with Gasteiger partial charge in [-0.3, -0.25) is 4.68 Å². The van der Waals surface area contributed by atoms with Gasteiger partial charge in [0.25, 0.3) is 0 Å². The molecule has 1 N–H and O–H groups in total. The average molecular weight is 310 g/mol. The summed E-state index contributed by atoms with van der Waals surface area (Å²) < 4.78 is 44.5. The molecule has 0 atom stereocenters. The largest absolute Gasteiger partial charge is 0.468 e. The molecule has 5 nitrogen and oxygen atoms in total. The molecule has 0 spiro atoms. The van der Waals surface area contributed by atoms with Crippen LogP contribution in [-0.2, 0) is 19.3 Å². The summed E-state index contributed by atoms with van der Waals surface area (Å²) in [5, 5.41) is 7.20. The lowest BCUT2D eigenvalue weighted by Gasteiger charge is -2.04. The van der Waals surface area contributed by atoms with Crippen molar-refractivity contribution in [3.8, 4) is 0 Å². The van der Waals surface area contributed by atoms with E-state index in [9.17, 15) is 13.2 Å². The van der Waals surface area contributed by atoms with Crippen molar-refractivity contribution in [1.82, 2.24) is 14.8 Å². The fourth-order valence-corrected chi connectivity index (χ4v) is 2.08. The summed E-state index contributed by atoms with van der Waals surface area (Å²) in [6.07, 6.45) is -1.02. The number of hydrogen-bond acceptors (Lipinski definition) is 4. The van der Waals surface area contributed by atoms with Crippen LogP contribution in [0.5, 0.6) is 0 Å². The number of para-hydroxylation sites is 1. The highest BCUT2D eigenvalue weighted by Crippen LogP contribution is 2.33. The Morgan fingerprint density at radius 3 is 2.82 bits per heavy atom. The molecule has 0 aliphatic heterocycles. The number of fused-ring (bicyclic) bond motifs is 1. The van der Waals surface area contributed by atoms with E-state index in [1.165, 1.54) is 6.07 Å². The van der Waals surface area contributed by atoms with Gasteiger partial charge in [-0.25, -0.2) is 4.98 Å². The van der Waals surface area contributed by atoms with Gasteiger partial charge in [0, 0.05) is 24.8 Å². The van der Waals surface area contributed by atoms with Crippen molar-refractivity contribution in [3.05, 3.63) is 42.0 Å². The van der Waals surface area contributed by atoms with Gasteiger partial charge in [-0.05, 0) is 19.1 Å². The van der Waals surface area contributed by atoms with Crippen LogP contribution < -0.4 is 5.32 Å². The Labute approximate surface area is 123 Å². The van der Waals surface area contributed by atoms with Crippen LogP contribution >= 0.6 is 0 Å². The van der Waals surface area contributed by atoms with Gasteiger partial charge in [-0.15, -0.1) is 0 Å². The van der Waals surface area contributed by atoms with Gasteiger partial charge in [0.1, 0.15) is 5.52 Å². The second kappa shape index (κ2) is 5.36. The summed E-state index contributed by atoms with van der Waals surface area (Å²) in [6, 6.07) is 4.73. The third-order valence-corrected chi connectivity index (χ3v) is 3.16. The number of halogens is 3. The highest BCUT2D eigenvalue weighted by Gasteiger charge is 2.37. The molecule has 116 valence electrons. The van der Waals surface area contributed by atoms with Crippen molar-refractivity contribution in [2.45, 2.75) is 26.2 Å². The molecular formula is C14H13F3N4O. The van der Waals surface area contributed by atoms with Crippen LogP contribution in [0.15, 0.2) is 35.0 Å². The Hall–Kier alpha value is -2.51. The quantitative estimate of drug-likeness (QED) is 0.799. The number of oxazole rings is 1. The van der Waals surface area contributed by atoms with Gasteiger partial charge in [-0.2, -0.15) is 18.3 Å². The minimum Gasteiger partial charge on any atom is -0.433 e. The lowest BCUT2D eigenvalue weighted by atomic mass is 10.2. The Morgan fingerprint density at radius 2 is 2.14 bits per heavy atom. The normalized spacial score (nSPS) is 12.0. The van der Waals surface area contributed by atoms with Crippen LogP contribution in [-0.4, -0.2) is 14.8 Å². The summed E-state index contributed by atoms with van der Waals surface area (Å²) in [5.74, 6) is -1.24. The summed E-state index contributed by atoms with van der Waals surface area (Å²) in [5.41, 5.74) is 1.68. The third kappa shape index (κ3) is 2.76. The lowest BCUT2D eigenvalue weighted by Crippen LogP contribution is -2.05. The maximum atomic E-state index is 12.7. The molecule has 3 rings (SSSR count). The van der Waals surface area contributed by atoms with Crippen molar-refractivity contribution < 1.29 is 17.6 Å². The van der Waals surface area contributed by atoms with E-state index >= 15 is 0 Å². The minimum atomic E-state index is -4.60. The number of anilines is 1. The minimum absolute atomic E-state index is 0.0987. The number of aromatic nitrogens is 3. The SMILES string of the molecule is CCn1cc(CNc2cccc3oc(C(F)(F)F)nc23)cn1. The molecule has 1 aromatic carbocycles. The predicted molar refractivity (Wildman–Crippen MR) is 74.2 cm³/mol. The van der Waals surface area contributed by atoms with E-state index in [1.54, 1.807) is 23.0 Å². The molecule has 2 heterocycles. The van der Waals surface area contributed by atoms with Crippen molar-refractivity contribution in [3.63, 3.8) is 0 Å². The monoisotopic (exact) mass is 310 g/mol. The molecule has 0 radical (unpaired) electrons. The van der Waals surface area contributed by atoms with Crippen LogP contribution in [0.4, 0.5) is 18.9 Å². The molecule has 0 amide bonds. The van der Waals surface area contributed by atoms with Crippen molar-refractivity contribution in [2.24, 2.45) is 0 Å². The number of hydrogen-bond donors (Lipinski definition) is 1. The zero-order valence-corrected chi connectivity index (χ0v) is 11.7. The average Bonchev–Trinajstić information content (AvgIpc) is 3.11. The maximum absolute atomic E-state index is 12.7. The molecule has 0 saturated carbocycles. The molecule has 8 heteroatoms. The molecule has 3 aromatic rings. The molecule has 0 unspecified atom stereocenters. The first-order valence-electron chi connectivity index (χ1n) is 6.69. The molecule has 0 aliphatic carbocycles. The molecule has 22 heavy (non-hydrogen) atoms. The molecular weight excluding hydrogens is 297 g/mol. The number of nitrogens with zero attached hydrogens (tertiary/aromatic N) is 3. The topological polar surface area (TPSA) is 55.9 Å². The van der Waals surface area contributed by atoms with Gasteiger partial charge in [-0.1, -0.05) is 6.07 Å². The van der Waals surface area contributed by atoms with Gasteiger partial charge >= 0.3 is 12.1 Å². The summed E-state index contributed by atoms with van der Waals surface area (Å²) in [6.45, 7) is 3.17. The van der Waals surface area contributed by atoms with E-state index in [-0.39, 0.29) is 11.1 Å². The fourth-order valence-electron chi connectivity index (χ4n) is 2.08. The Morgan fingerprint density at radius 1 is 1.32 bits per heavy atom. The van der Waals surface area contributed by atoms with Gasteiger partial charge in [0.15, 0.2) is 5.58 Å². The number of alkyl halides is 3. The Kier molecular flexibility index (Phi) is 3.51. The molecule has 2 aromatic heterocycles. The van der Waals surface area contributed by atoms with Gasteiger partial charge < -0.3 is 9.73 Å².